The minimum Gasteiger partial charge on any atom is -0.394 e. The first-order valence-electron chi connectivity index (χ1n) is 8.12. The lowest BCUT2D eigenvalue weighted by Gasteiger charge is -2.35. The molecule has 7 heteroatoms. The van der Waals surface area contributed by atoms with Crippen molar-refractivity contribution in [1.29, 1.82) is 0 Å². The van der Waals surface area contributed by atoms with Gasteiger partial charge in [-0.2, -0.15) is 0 Å². The van der Waals surface area contributed by atoms with E-state index in [1.54, 1.807) is 0 Å². The minimum absolute atomic E-state index is 0.00574. The Balaban J connectivity index is 2.04. The number of rotatable bonds is 7. The summed E-state index contributed by atoms with van der Waals surface area (Å²) in [4.78, 5) is 26.3. The molecule has 132 valence electrons. The number of nitrogens with zero attached hydrogens (tertiary/aromatic N) is 1. The van der Waals surface area contributed by atoms with Gasteiger partial charge in [0.1, 0.15) is 0 Å². The Morgan fingerprint density at radius 1 is 1.38 bits per heavy atom. The predicted molar refractivity (Wildman–Crippen MR) is 89.1 cm³/mol. The number of benzene rings is 1. The van der Waals surface area contributed by atoms with E-state index >= 15 is 0 Å². The zero-order chi connectivity index (χ0) is 17.5. The number of aliphatic hydroxyl groups excluding tert-OH is 2. The number of aryl methyl sites for hydroxylation is 1. The fourth-order valence-electron chi connectivity index (χ4n) is 2.79. The summed E-state index contributed by atoms with van der Waals surface area (Å²) >= 11 is 0. The van der Waals surface area contributed by atoms with Gasteiger partial charge in [-0.05, 0) is 18.1 Å². The average molecular weight is 335 g/mol. The van der Waals surface area contributed by atoms with Crippen molar-refractivity contribution in [1.82, 2.24) is 15.5 Å². The van der Waals surface area contributed by atoms with Crippen LogP contribution in [-0.4, -0.2) is 65.3 Å². The van der Waals surface area contributed by atoms with Crippen LogP contribution in [0.1, 0.15) is 17.5 Å². The van der Waals surface area contributed by atoms with Crippen molar-refractivity contribution in [3.63, 3.8) is 0 Å². The van der Waals surface area contributed by atoms with Gasteiger partial charge in [0.15, 0.2) is 0 Å². The zero-order valence-corrected chi connectivity index (χ0v) is 13.9. The SMILES string of the molecule is Cc1ccccc1CN1CCNC(=O)C1CC(=O)NC(CO)CO. The Morgan fingerprint density at radius 3 is 2.75 bits per heavy atom. The number of carbonyl (C=O) groups excluding carboxylic acids is 2. The second-order valence-corrected chi connectivity index (χ2v) is 6.04. The first-order valence-corrected chi connectivity index (χ1v) is 8.12. The second kappa shape index (κ2) is 8.77. The van der Waals surface area contributed by atoms with E-state index in [1.807, 2.05) is 36.1 Å². The van der Waals surface area contributed by atoms with Gasteiger partial charge in [0.2, 0.25) is 11.8 Å². The van der Waals surface area contributed by atoms with Crippen molar-refractivity contribution in [2.24, 2.45) is 0 Å². The van der Waals surface area contributed by atoms with Gasteiger partial charge in [0, 0.05) is 19.6 Å². The third-order valence-electron chi connectivity index (χ3n) is 4.26. The quantitative estimate of drug-likeness (QED) is 0.520. The molecule has 4 N–H and O–H groups in total. The van der Waals surface area contributed by atoms with Crippen molar-refractivity contribution >= 4 is 11.8 Å². The summed E-state index contributed by atoms with van der Waals surface area (Å²) in [6.45, 7) is 3.16. The maximum absolute atomic E-state index is 12.2. The van der Waals surface area contributed by atoms with Crippen LogP contribution in [0.2, 0.25) is 0 Å². The van der Waals surface area contributed by atoms with Crippen LogP contribution in [0.5, 0.6) is 0 Å². The highest BCUT2D eigenvalue weighted by Gasteiger charge is 2.32. The van der Waals surface area contributed by atoms with Crippen LogP contribution in [0, 0.1) is 6.92 Å². The number of hydrogen-bond donors (Lipinski definition) is 4. The van der Waals surface area contributed by atoms with Gasteiger partial charge in [-0.1, -0.05) is 24.3 Å². The molecule has 2 rings (SSSR count). The van der Waals surface area contributed by atoms with Crippen molar-refractivity contribution in [3.8, 4) is 0 Å². The van der Waals surface area contributed by atoms with E-state index in [2.05, 4.69) is 10.6 Å². The van der Waals surface area contributed by atoms with Crippen molar-refractivity contribution in [2.45, 2.75) is 32.0 Å². The predicted octanol–water partition coefficient (Wildman–Crippen LogP) is -0.845. The van der Waals surface area contributed by atoms with Crippen LogP contribution in [0.25, 0.3) is 0 Å². The van der Waals surface area contributed by atoms with E-state index in [-0.39, 0.29) is 31.4 Å². The number of amides is 2. The highest BCUT2D eigenvalue weighted by atomic mass is 16.3. The summed E-state index contributed by atoms with van der Waals surface area (Å²) in [5.41, 5.74) is 2.27. The number of nitrogens with one attached hydrogen (secondary N) is 2. The van der Waals surface area contributed by atoms with Gasteiger partial charge in [-0.15, -0.1) is 0 Å². The van der Waals surface area contributed by atoms with Crippen LogP contribution in [0.4, 0.5) is 0 Å². The molecule has 24 heavy (non-hydrogen) atoms. The topological polar surface area (TPSA) is 102 Å². The van der Waals surface area contributed by atoms with Crippen LogP contribution >= 0.6 is 0 Å². The third-order valence-corrected chi connectivity index (χ3v) is 4.26. The first kappa shape index (κ1) is 18.4. The molecule has 1 aliphatic heterocycles. The van der Waals surface area contributed by atoms with Crippen LogP contribution in [0.3, 0.4) is 0 Å². The molecule has 0 radical (unpaired) electrons. The van der Waals surface area contributed by atoms with E-state index in [9.17, 15) is 9.59 Å². The summed E-state index contributed by atoms with van der Waals surface area (Å²) in [6.07, 6.45) is -0.00574. The Kier molecular flexibility index (Phi) is 6.72. The Hall–Kier alpha value is -1.96. The Labute approximate surface area is 141 Å². The van der Waals surface area contributed by atoms with E-state index in [0.29, 0.717) is 19.6 Å². The van der Waals surface area contributed by atoms with Crippen molar-refractivity contribution < 1.29 is 19.8 Å². The fraction of sp³-hybridized carbons (Fsp3) is 0.529. The average Bonchev–Trinajstić information content (AvgIpc) is 2.57. The molecule has 1 aromatic rings. The van der Waals surface area contributed by atoms with E-state index < -0.39 is 12.1 Å². The molecule has 0 aliphatic carbocycles. The zero-order valence-electron chi connectivity index (χ0n) is 13.9. The van der Waals surface area contributed by atoms with E-state index in [0.717, 1.165) is 11.1 Å². The molecule has 0 saturated carbocycles. The Morgan fingerprint density at radius 2 is 2.08 bits per heavy atom. The third kappa shape index (κ3) is 4.77. The van der Waals surface area contributed by atoms with Gasteiger partial charge in [0.05, 0.1) is 31.7 Å². The van der Waals surface area contributed by atoms with Gasteiger partial charge in [-0.3, -0.25) is 14.5 Å². The molecule has 1 unspecified atom stereocenters. The maximum atomic E-state index is 12.2. The lowest BCUT2D eigenvalue weighted by molar-refractivity contribution is -0.134. The minimum atomic E-state index is -0.700. The standard InChI is InChI=1S/C17H25N3O4/c1-12-4-2-3-5-13(12)9-20-7-6-18-17(24)15(20)8-16(23)19-14(10-21)11-22/h2-5,14-15,21-22H,6-11H2,1H3,(H,18,24)(H,19,23). The highest BCUT2D eigenvalue weighted by molar-refractivity contribution is 5.88. The molecule has 0 spiro atoms. The number of aliphatic hydroxyl groups is 2. The molecule has 0 aromatic heterocycles. The van der Waals surface area contributed by atoms with Gasteiger partial charge in [-0.25, -0.2) is 0 Å². The van der Waals surface area contributed by atoms with E-state index in [1.165, 1.54) is 0 Å². The number of carbonyl (C=O) groups is 2. The molecule has 1 aromatic carbocycles. The summed E-state index contributed by atoms with van der Waals surface area (Å²) in [7, 11) is 0. The molecule has 1 aliphatic rings. The molecule has 1 saturated heterocycles. The van der Waals surface area contributed by atoms with Gasteiger partial charge >= 0.3 is 0 Å². The first-order chi connectivity index (χ1) is 11.5. The number of piperazine rings is 1. The largest absolute Gasteiger partial charge is 0.394 e. The van der Waals surface area contributed by atoms with Crippen LogP contribution < -0.4 is 10.6 Å². The Bertz CT molecular complexity index is 575. The molecule has 7 nitrogen and oxygen atoms in total. The number of hydrogen-bond acceptors (Lipinski definition) is 5. The van der Waals surface area contributed by atoms with Crippen molar-refractivity contribution in [3.05, 3.63) is 35.4 Å². The molecular formula is C17H25N3O4. The fourth-order valence-corrected chi connectivity index (χ4v) is 2.79. The summed E-state index contributed by atoms with van der Waals surface area (Å²) in [5, 5.41) is 23.4. The van der Waals surface area contributed by atoms with Gasteiger partial charge in [0.25, 0.3) is 0 Å². The van der Waals surface area contributed by atoms with Crippen LogP contribution in [-0.2, 0) is 16.1 Å². The molecule has 0 bridgehead atoms. The summed E-state index contributed by atoms with van der Waals surface area (Å²) < 4.78 is 0. The molecule has 1 heterocycles. The molecule has 1 fully saturated rings. The molecule has 1 atom stereocenters. The second-order valence-electron chi connectivity index (χ2n) is 6.04. The summed E-state index contributed by atoms with van der Waals surface area (Å²) in [5.74, 6) is -0.533. The monoisotopic (exact) mass is 335 g/mol. The normalized spacial score (nSPS) is 18.5. The van der Waals surface area contributed by atoms with Crippen LogP contribution in [0.15, 0.2) is 24.3 Å². The maximum Gasteiger partial charge on any atom is 0.237 e. The smallest absolute Gasteiger partial charge is 0.237 e. The molecule has 2 amide bonds. The lowest BCUT2D eigenvalue weighted by Crippen LogP contribution is -2.56. The molecular weight excluding hydrogens is 310 g/mol. The van der Waals surface area contributed by atoms with E-state index in [4.69, 9.17) is 10.2 Å². The summed E-state index contributed by atoms with van der Waals surface area (Å²) in [6, 6.07) is 6.71. The van der Waals surface area contributed by atoms with Crippen molar-refractivity contribution in [2.75, 3.05) is 26.3 Å². The highest BCUT2D eigenvalue weighted by Crippen LogP contribution is 2.16. The lowest BCUT2D eigenvalue weighted by atomic mass is 10.0. The van der Waals surface area contributed by atoms with Gasteiger partial charge < -0.3 is 20.8 Å².